The third-order valence-electron chi connectivity index (χ3n) is 6.13. The van der Waals surface area contributed by atoms with Crippen LogP contribution in [0.1, 0.15) is 68.7 Å². The molecule has 2 aliphatic rings. The van der Waals surface area contributed by atoms with Crippen molar-refractivity contribution in [2.24, 2.45) is 5.92 Å². The van der Waals surface area contributed by atoms with E-state index in [0.29, 0.717) is 28.7 Å². The molecule has 0 bridgehead atoms. The molecule has 39 heavy (non-hydrogen) atoms. The fourth-order valence-corrected chi connectivity index (χ4v) is 4.44. The number of allylic oxidation sites excluding steroid dienone is 3. The van der Waals surface area contributed by atoms with Gasteiger partial charge in [0.05, 0.1) is 24.6 Å². The van der Waals surface area contributed by atoms with E-state index in [4.69, 9.17) is 9.47 Å². The van der Waals surface area contributed by atoms with Gasteiger partial charge in [-0.2, -0.15) is 0 Å². The molecule has 3 heterocycles. The van der Waals surface area contributed by atoms with Crippen molar-refractivity contribution >= 4 is 23.4 Å². The summed E-state index contributed by atoms with van der Waals surface area (Å²) in [5.41, 5.74) is 7.39. The van der Waals surface area contributed by atoms with E-state index in [0.717, 1.165) is 18.4 Å². The van der Waals surface area contributed by atoms with Crippen LogP contribution in [0.5, 0.6) is 5.75 Å². The van der Waals surface area contributed by atoms with E-state index >= 15 is 0 Å². The Bertz CT molecular complexity index is 1360. The number of pyridine rings is 2. The third kappa shape index (κ3) is 7.15. The number of alkyl halides is 2. The number of rotatable bonds is 8. The summed E-state index contributed by atoms with van der Waals surface area (Å²) < 4.78 is 38.6. The molecular weight excluding hydrogens is 524 g/mol. The Kier molecular flexibility index (Phi) is 9.22. The smallest absolute Gasteiger partial charge is 0.280 e. The Hall–Kier alpha value is -3.46. The summed E-state index contributed by atoms with van der Waals surface area (Å²) >= 11 is 1.42. The Morgan fingerprint density at radius 1 is 1.15 bits per heavy atom. The first-order chi connectivity index (χ1) is 18.7. The zero-order valence-electron chi connectivity index (χ0n) is 22.4. The van der Waals surface area contributed by atoms with Gasteiger partial charge in [-0.05, 0) is 64.3 Å². The van der Waals surface area contributed by atoms with Gasteiger partial charge in [0, 0.05) is 23.2 Å². The second-order valence-corrected chi connectivity index (χ2v) is 10.5. The molecule has 2 fully saturated rings. The second-order valence-electron chi connectivity index (χ2n) is 9.26. The minimum absolute atomic E-state index is 0.169. The summed E-state index contributed by atoms with van der Waals surface area (Å²) in [4.78, 5) is 21.8. The van der Waals surface area contributed by atoms with Crippen molar-refractivity contribution in [1.82, 2.24) is 26.1 Å². The molecule has 1 saturated heterocycles. The molecular formula is C28H31F2N5O3S. The first kappa shape index (κ1) is 28.5. The number of amides is 1. The number of methoxy groups -OCH3 is 1. The average molecular weight is 556 g/mol. The number of hydrazine groups is 1. The lowest BCUT2D eigenvalue weighted by Gasteiger charge is -2.18. The number of hydrogen-bond acceptors (Lipinski definition) is 8. The number of aromatic nitrogens is 2. The lowest BCUT2D eigenvalue weighted by molar-refractivity contribution is 0.0945. The van der Waals surface area contributed by atoms with Crippen molar-refractivity contribution in [3.05, 3.63) is 58.9 Å². The molecule has 2 atom stereocenters. The molecule has 4 rings (SSSR count). The maximum absolute atomic E-state index is 13.6. The van der Waals surface area contributed by atoms with E-state index in [1.165, 1.54) is 37.3 Å². The largest absolute Gasteiger partial charge is 0.494 e. The van der Waals surface area contributed by atoms with Crippen molar-refractivity contribution in [2.45, 2.75) is 57.8 Å². The number of ether oxygens (including phenoxy) is 2. The van der Waals surface area contributed by atoms with E-state index in [-0.39, 0.29) is 22.3 Å². The monoisotopic (exact) mass is 555 g/mol. The van der Waals surface area contributed by atoms with Gasteiger partial charge < -0.3 is 14.8 Å². The lowest BCUT2D eigenvalue weighted by Crippen LogP contribution is -2.43. The summed E-state index contributed by atoms with van der Waals surface area (Å²) in [5, 5.41) is 2.74. The number of halogens is 2. The highest BCUT2D eigenvalue weighted by Crippen LogP contribution is 2.36. The number of thioether (sulfide) groups is 1. The van der Waals surface area contributed by atoms with Crippen molar-refractivity contribution in [2.75, 3.05) is 7.11 Å². The van der Waals surface area contributed by atoms with Crippen LogP contribution in [-0.2, 0) is 4.74 Å². The number of hydrogen-bond donors (Lipinski definition) is 3. The zero-order valence-corrected chi connectivity index (χ0v) is 23.2. The summed E-state index contributed by atoms with van der Waals surface area (Å²) in [6, 6.07) is 2.86. The van der Waals surface area contributed by atoms with E-state index in [2.05, 4.69) is 38.0 Å². The topological polar surface area (TPSA) is 97.4 Å². The number of carbonyl (C=O) groups excluding carboxylic acids is 1. The molecule has 0 spiro atoms. The molecule has 0 radical (unpaired) electrons. The van der Waals surface area contributed by atoms with Crippen LogP contribution >= 0.6 is 11.8 Å². The normalized spacial score (nSPS) is 18.8. The van der Waals surface area contributed by atoms with Gasteiger partial charge in [-0.3, -0.25) is 14.8 Å². The molecule has 1 amide bonds. The Labute approximate surface area is 231 Å². The molecule has 1 aliphatic heterocycles. The fourth-order valence-electron chi connectivity index (χ4n) is 3.59. The van der Waals surface area contributed by atoms with Gasteiger partial charge in [0.15, 0.2) is 0 Å². The molecule has 8 nitrogen and oxygen atoms in total. The van der Waals surface area contributed by atoms with Gasteiger partial charge in [-0.1, -0.05) is 23.6 Å². The molecule has 2 aromatic heterocycles. The minimum atomic E-state index is -2.80. The molecule has 2 unspecified atom stereocenters. The standard InChI is InChI=1S/C28H31F2N5O3S/c1-6-23(38-16(4)15(2)3)21-11-18(19-12-22(26(29)30)32-14-24(19)37-5)20(13-31-21)27(36)33-28-35-34-25(39-28)10-9-17-7-8-17/h6,11-14,17,25-26,28,34-35H,7-8H2,1-5H3,(H,33,36)/b23-6-. The maximum Gasteiger partial charge on any atom is 0.280 e. The lowest BCUT2D eigenvalue weighted by atomic mass is 9.98. The first-order valence-electron chi connectivity index (χ1n) is 12.5. The average Bonchev–Trinajstić information content (AvgIpc) is 3.66. The van der Waals surface area contributed by atoms with Gasteiger partial charge >= 0.3 is 0 Å². The first-order valence-corrected chi connectivity index (χ1v) is 13.4. The Morgan fingerprint density at radius 2 is 1.92 bits per heavy atom. The van der Waals surface area contributed by atoms with Crippen molar-refractivity contribution in [3.63, 3.8) is 0 Å². The molecule has 3 N–H and O–H groups in total. The highest BCUT2D eigenvalue weighted by Gasteiger charge is 2.28. The SMILES string of the molecule is C/C=C(\OC(C)=C(C)C)c1cc(-c2cc(C(F)F)ncc2OC)c(C(=O)NC2NNC(C#CC3CC3)S2)cn1. The quantitative estimate of drug-likeness (QED) is 0.295. The highest BCUT2D eigenvalue weighted by atomic mass is 32.2. The fraction of sp³-hybridized carbons (Fsp3) is 0.393. The predicted octanol–water partition coefficient (Wildman–Crippen LogP) is 5.37. The molecule has 206 valence electrons. The van der Waals surface area contributed by atoms with Crippen LogP contribution in [0.4, 0.5) is 8.78 Å². The number of nitrogens with one attached hydrogen (secondary N) is 3. The van der Waals surface area contributed by atoms with Crippen LogP contribution < -0.4 is 20.9 Å². The van der Waals surface area contributed by atoms with E-state index < -0.39 is 23.5 Å². The second kappa shape index (κ2) is 12.6. The number of carbonyl (C=O) groups is 1. The van der Waals surface area contributed by atoms with Crippen LogP contribution in [0.25, 0.3) is 16.9 Å². The van der Waals surface area contributed by atoms with Crippen molar-refractivity contribution < 1.29 is 23.0 Å². The predicted molar refractivity (Wildman–Crippen MR) is 147 cm³/mol. The minimum Gasteiger partial charge on any atom is -0.494 e. The van der Waals surface area contributed by atoms with Gasteiger partial charge in [0.25, 0.3) is 12.3 Å². The van der Waals surface area contributed by atoms with Crippen LogP contribution in [-0.4, -0.2) is 33.9 Å². The zero-order chi connectivity index (χ0) is 28.1. The van der Waals surface area contributed by atoms with Gasteiger partial charge in [-0.25, -0.2) is 19.6 Å². The molecule has 1 saturated carbocycles. The Balaban J connectivity index is 1.70. The molecule has 1 aliphatic carbocycles. The highest BCUT2D eigenvalue weighted by molar-refractivity contribution is 8.00. The molecule has 2 aromatic rings. The van der Waals surface area contributed by atoms with Crippen molar-refractivity contribution in [3.8, 4) is 28.7 Å². The van der Waals surface area contributed by atoms with Crippen LogP contribution in [0.3, 0.4) is 0 Å². The van der Waals surface area contributed by atoms with Gasteiger partial charge in [0.1, 0.15) is 33.8 Å². The third-order valence-corrected chi connectivity index (χ3v) is 7.14. The molecule has 11 heteroatoms. The molecule has 0 aromatic carbocycles. The van der Waals surface area contributed by atoms with E-state index in [1.54, 1.807) is 19.1 Å². The number of nitrogens with zero attached hydrogens (tertiary/aromatic N) is 2. The summed E-state index contributed by atoms with van der Waals surface area (Å²) in [7, 11) is 1.41. The van der Waals surface area contributed by atoms with Crippen molar-refractivity contribution in [1.29, 1.82) is 0 Å². The van der Waals surface area contributed by atoms with Crippen LogP contribution in [0.2, 0.25) is 0 Å². The summed E-state index contributed by atoms with van der Waals surface area (Å²) in [6.07, 6.45) is 3.83. The van der Waals surface area contributed by atoms with E-state index in [1.807, 2.05) is 20.8 Å². The van der Waals surface area contributed by atoms with Crippen LogP contribution in [0, 0.1) is 17.8 Å². The summed E-state index contributed by atoms with van der Waals surface area (Å²) in [5.74, 6) is 7.78. The maximum atomic E-state index is 13.6. The van der Waals surface area contributed by atoms with Crippen LogP contribution in [0.15, 0.2) is 41.9 Å². The van der Waals surface area contributed by atoms with E-state index in [9.17, 15) is 13.6 Å². The van der Waals surface area contributed by atoms with Gasteiger partial charge in [0.2, 0.25) is 0 Å². The Morgan fingerprint density at radius 3 is 2.56 bits per heavy atom. The van der Waals surface area contributed by atoms with Gasteiger partial charge in [-0.15, -0.1) is 0 Å². The summed E-state index contributed by atoms with van der Waals surface area (Å²) in [6.45, 7) is 7.49.